The molecule has 0 saturated carbocycles. The molecule has 0 fully saturated rings. The fourth-order valence-corrected chi connectivity index (χ4v) is 2.57. The monoisotopic (exact) mass is 560 g/mol. The lowest BCUT2D eigenvalue weighted by Crippen LogP contribution is -2.13. The average Bonchev–Trinajstić information content (AvgIpc) is 2.89. The molecule has 0 heterocycles. The zero-order chi connectivity index (χ0) is 30.9. The van der Waals surface area contributed by atoms with Gasteiger partial charge in [0.05, 0.1) is 0 Å². The number of hydrogen-bond donors (Lipinski definition) is 0. The third kappa shape index (κ3) is 9.63. The molecule has 0 aliphatic carbocycles. The molecule has 0 unspecified atom stereocenters. The van der Waals surface area contributed by atoms with Crippen LogP contribution in [0.4, 0.5) is 0 Å². The van der Waals surface area contributed by atoms with Crippen LogP contribution in [-0.4, -0.2) is 29.8 Å². The van der Waals surface area contributed by atoms with Crippen molar-refractivity contribution in [3.05, 3.63) is 96.6 Å². The molecule has 0 atom stereocenters. The van der Waals surface area contributed by atoms with Gasteiger partial charge in [0.1, 0.15) is 5.75 Å². The number of rotatable bonds is 11. The molecular weight excluding hydrogens is 532 g/mol. The van der Waals surface area contributed by atoms with E-state index in [9.17, 15) is 24.0 Å². The van der Waals surface area contributed by atoms with E-state index in [0.29, 0.717) is 5.56 Å². The van der Waals surface area contributed by atoms with E-state index in [4.69, 9.17) is 23.7 Å². The Morgan fingerprint density at radius 1 is 0.537 bits per heavy atom. The van der Waals surface area contributed by atoms with E-state index in [1.165, 1.54) is 70.2 Å². The maximum absolute atomic E-state index is 12.6. The van der Waals surface area contributed by atoms with Gasteiger partial charge in [-0.1, -0.05) is 32.4 Å². The summed E-state index contributed by atoms with van der Waals surface area (Å²) in [4.78, 5) is 60.6. The van der Waals surface area contributed by atoms with Crippen molar-refractivity contribution in [2.24, 2.45) is 0 Å². The molecule has 10 nitrogen and oxygen atoms in total. The number of ether oxygens (including phenoxy) is 5. The highest BCUT2D eigenvalue weighted by molar-refractivity contribution is 5.93. The van der Waals surface area contributed by atoms with Crippen LogP contribution in [-0.2, 0) is 24.0 Å². The second-order valence-electron chi connectivity index (χ2n) is 8.75. The predicted molar refractivity (Wildman–Crippen MR) is 149 cm³/mol. The Morgan fingerprint density at radius 3 is 1.46 bits per heavy atom. The molecule has 2 aromatic rings. The van der Waals surface area contributed by atoms with Crippen molar-refractivity contribution in [3.63, 3.8) is 0 Å². The maximum Gasteiger partial charge on any atom is 0.338 e. The van der Waals surface area contributed by atoms with Crippen molar-refractivity contribution in [2.75, 3.05) is 0 Å². The zero-order valence-corrected chi connectivity index (χ0v) is 23.0. The summed E-state index contributed by atoms with van der Waals surface area (Å²) in [5.41, 5.74) is 0.828. The van der Waals surface area contributed by atoms with Gasteiger partial charge in [0, 0.05) is 34.4 Å². The van der Waals surface area contributed by atoms with Crippen molar-refractivity contribution < 1.29 is 47.7 Å². The number of benzene rings is 2. The van der Waals surface area contributed by atoms with Gasteiger partial charge in [0.15, 0.2) is 23.0 Å². The number of esters is 5. The minimum atomic E-state index is -0.873. The molecule has 2 aromatic carbocycles. The van der Waals surface area contributed by atoms with Crippen molar-refractivity contribution in [1.29, 1.82) is 0 Å². The quantitative estimate of drug-likeness (QED) is 0.204. The molecule has 0 bridgehead atoms. The van der Waals surface area contributed by atoms with E-state index < -0.39 is 29.8 Å². The molecule has 0 aliphatic heterocycles. The summed E-state index contributed by atoms with van der Waals surface area (Å²) >= 11 is 0. The van der Waals surface area contributed by atoms with Crippen LogP contribution in [0.3, 0.4) is 0 Å². The first-order chi connectivity index (χ1) is 19.2. The molecule has 10 heteroatoms. The van der Waals surface area contributed by atoms with Gasteiger partial charge in [0.25, 0.3) is 0 Å². The lowest BCUT2D eigenvalue weighted by Gasteiger charge is -2.12. The Kier molecular flexibility index (Phi) is 10.9. The van der Waals surface area contributed by atoms with E-state index in [2.05, 4.69) is 26.3 Å². The number of carbonyl (C=O) groups excluding carboxylic acids is 5. The fraction of sp³-hybridized carbons (Fsp3) is 0.129. The molecule has 0 radical (unpaired) electrons. The maximum atomic E-state index is 12.6. The summed E-state index contributed by atoms with van der Waals surface area (Å²) in [6.45, 7) is 19.8. The van der Waals surface area contributed by atoms with Crippen LogP contribution in [0.2, 0.25) is 0 Å². The predicted octanol–water partition coefficient (Wildman–Crippen LogP) is 5.23. The van der Waals surface area contributed by atoms with Crippen LogP contribution < -0.4 is 23.7 Å². The fourth-order valence-electron chi connectivity index (χ4n) is 2.57. The molecular formula is C31H28O10. The SMILES string of the molecule is C=C(C)C(=O)Oc1ccc(OC(=O)/C=C/c2ccc(OC(=O)C(=C)C)c(OC(=O)C(=C)C)c2)c(OC(=O)C(=C)C)c1. The van der Waals surface area contributed by atoms with Crippen molar-refractivity contribution >= 4 is 35.9 Å². The third-order valence-electron chi connectivity index (χ3n) is 4.72. The summed E-state index contributed by atoms with van der Waals surface area (Å²) in [6, 6.07) is 8.02. The summed E-state index contributed by atoms with van der Waals surface area (Å²) in [5, 5.41) is 0. The van der Waals surface area contributed by atoms with Crippen molar-refractivity contribution in [3.8, 4) is 28.7 Å². The lowest BCUT2D eigenvalue weighted by atomic mass is 10.2. The summed E-state index contributed by atoms with van der Waals surface area (Å²) < 4.78 is 26.2. The second kappa shape index (κ2) is 14.0. The first-order valence-electron chi connectivity index (χ1n) is 11.9. The van der Waals surface area contributed by atoms with Crippen LogP contribution in [0.1, 0.15) is 33.3 Å². The van der Waals surface area contributed by atoms with Crippen molar-refractivity contribution in [2.45, 2.75) is 27.7 Å². The van der Waals surface area contributed by atoms with Gasteiger partial charge in [0.2, 0.25) is 0 Å². The van der Waals surface area contributed by atoms with Crippen LogP contribution in [0.15, 0.2) is 91.1 Å². The first kappa shape index (κ1) is 31.7. The number of carbonyl (C=O) groups is 5. The largest absolute Gasteiger partial charge is 0.423 e. The lowest BCUT2D eigenvalue weighted by molar-refractivity contribution is -0.132. The van der Waals surface area contributed by atoms with Gasteiger partial charge in [-0.05, 0) is 63.6 Å². The standard InChI is InChI=1S/C31H28O10/c1-17(2)28(33)37-22-11-13-23(26(16-22)41-31(36)20(7)8)38-27(32)14-10-21-9-12-24(39-29(34)18(3)4)25(15-21)40-30(35)19(5)6/h9-16H,1,3,5,7H2,2,4,6,8H3/b14-10+. The van der Waals surface area contributed by atoms with Gasteiger partial charge < -0.3 is 23.7 Å². The molecule has 0 spiro atoms. The van der Waals surface area contributed by atoms with Crippen molar-refractivity contribution in [1.82, 2.24) is 0 Å². The normalized spacial score (nSPS) is 10.2. The molecule has 212 valence electrons. The molecule has 41 heavy (non-hydrogen) atoms. The van der Waals surface area contributed by atoms with E-state index in [1.54, 1.807) is 0 Å². The smallest absolute Gasteiger partial charge is 0.338 e. The number of hydrogen-bond acceptors (Lipinski definition) is 10. The summed E-state index contributed by atoms with van der Waals surface area (Å²) in [6.07, 6.45) is 2.39. The molecule has 0 aliphatic rings. The summed E-state index contributed by atoms with van der Waals surface area (Å²) in [7, 11) is 0. The Morgan fingerprint density at radius 2 is 0.951 bits per heavy atom. The Balaban J connectivity index is 2.32. The van der Waals surface area contributed by atoms with Crippen LogP contribution in [0.5, 0.6) is 28.7 Å². The Hall–Kier alpha value is -5.51. The Bertz CT molecular complexity index is 1510. The molecule has 0 aromatic heterocycles. The van der Waals surface area contributed by atoms with Crippen LogP contribution >= 0.6 is 0 Å². The van der Waals surface area contributed by atoms with Gasteiger partial charge in [-0.3, -0.25) is 0 Å². The van der Waals surface area contributed by atoms with Gasteiger partial charge in [-0.15, -0.1) is 0 Å². The van der Waals surface area contributed by atoms with Crippen LogP contribution in [0.25, 0.3) is 6.08 Å². The second-order valence-corrected chi connectivity index (χ2v) is 8.75. The molecule has 2 rings (SSSR count). The topological polar surface area (TPSA) is 132 Å². The first-order valence-corrected chi connectivity index (χ1v) is 11.9. The minimum absolute atomic E-state index is 0.0159. The summed E-state index contributed by atoms with van der Waals surface area (Å²) in [5.74, 6) is -4.35. The van der Waals surface area contributed by atoms with E-state index in [0.717, 1.165) is 6.08 Å². The zero-order valence-electron chi connectivity index (χ0n) is 23.0. The highest BCUT2D eigenvalue weighted by Gasteiger charge is 2.18. The Labute approximate surface area is 236 Å². The highest BCUT2D eigenvalue weighted by Crippen LogP contribution is 2.33. The average molecular weight is 561 g/mol. The molecule has 0 N–H and O–H groups in total. The van der Waals surface area contributed by atoms with E-state index in [-0.39, 0.29) is 51.0 Å². The highest BCUT2D eigenvalue weighted by atomic mass is 16.6. The van der Waals surface area contributed by atoms with Gasteiger partial charge in [-0.25, -0.2) is 24.0 Å². The molecule has 0 amide bonds. The van der Waals surface area contributed by atoms with E-state index >= 15 is 0 Å². The minimum Gasteiger partial charge on any atom is -0.423 e. The van der Waals surface area contributed by atoms with Gasteiger partial charge >= 0.3 is 29.8 Å². The van der Waals surface area contributed by atoms with Crippen LogP contribution in [0, 0.1) is 0 Å². The third-order valence-corrected chi connectivity index (χ3v) is 4.72. The molecule has 0 saturated heterocycles. The van der Waals surface area contributed by atoms with Gasteiger partial charge in [-0.2, -0.15) is 0 Å². The van der Waals surface area contributed by atoms with E-state index in [1.807, 2.05) is 0 Å².